The number of hydrogen-bond acceptors (Lipinski definition) is 1. The maximum atomic E-state index is 4.84. The van der Waals surface area contributed by atoms with Crippen molar-refractivity contribution in [3.05, 3.63) is 78.6 Å². The molecule has 7 aromatic rings. The lowest BCUT2D eigenvalue weighted by molar-refractivity contribution is -0.647. The molecule has 3 heterocycles. The molecule has 0 amide bonds. The molecule has 0 radical (unpaired) electrons. The molecule has 0 saturated heterocycles. The SMILES string of the molecule is Cc1ccc2c3ccccc3cc3c2c1c1c2c(nc[n+]1C)c1ccccc1n32. The molecule has 0 spiro atoms. The van der Waals surface area contributed by atoms with Crippen LogP contribution in [-0.2, 0) is 7.05 Å². The predicted octanol–water partition coefficient (Wildman–Crippen LogP) is 5.67. The van der Waals surface area contributed by atoms with Gasteiger partial charge in [-0.2, -0.15) is 0 Å². The highest BCUT2D eigenvalue weighted by Crippen LogP contribution is 2.41. The third kappa shape index (κ3) is 1.70. The number of nitrogens with zero attached hydrogens (tertiary/aromatic N) is 3. The van der Waals surface area contributed by atoms with E-state index < -0.39 is 0 Å². The van der Waals surface area contributed by atoms with Crippen molar-refractivity contribution in [2.45, 2.75) is 6.92 Å². The summed E-state index contributed by atoms with van der Waals surface area (Å²) in [6, 6.07) is 24.2. The number of para-hydroxylation sites is 1. The summed E-state index contributed by atoms with van der Waals surface area (Å²) in [5, 5.41) is 7.75. The molecule has 0 saturated carbocycles. The van der Waals surface area contributed by atoms with Crippen molar-refractivity contribution >= 4 is 59.9 Å². The van der Waals surface area contributed by atoms with E-state index in [-0.39, 0.29) is 0 Å². The molecule has 0 unspecified atom stereocenters. The van der Waals surface area contributed by atoms with E-state index in [4.69, 9.17) is 4.98 Å². The Morgan fingerprint density at radius 2 is 1.59 bits per heavy atom. The van der Waals surface area contributed by atoms with E-state index in [0.29, 0.717) is 0 Å². The van der Waals surface area contributed by atoms with Crippen LogP contribution in [0.25, 0.3) is 59.9 Å². The van der Waals surface area contributed by atoms with Crippen LogP contribution in [0.4, 0.5) is 0 Å². The summed E-state index contributed by atoms with van der Waals surface area (Å²) in [4.78, 5) is 4.84. The Hall–Kier alpha value is -3.72. The quantitative estimate of drug-likeness (QED) is 0.191. The highest BCUT2D eigenvalue weighted by molar-refractivity contribution is 6.29. The summed E-state index contributed by atoms with van der Waals surface area (Å²) >= 11 is 0. The summed E-state index contributed by atoms with van der Waals surface area (Å²) in [5.41, 5.74) is 7.29. The Balaban J connectivity index is 2.00. The number of aromatic nitrogens is 3. The monoisotopic (exact) mass is 372 g/mol. The molecule has 0 aliphatic rings. The van der Waals surface area contributed by atoms with Crippen molar-refractivity contribution in [3.8, 4) is 0 Å². The molecule has 3 nitrogen and oxygen atoms in total. The minimum absolute atomic E-state index is 1.07. The van der Waals surface area contributed by atoms with Crippen molar-refractivity contribution in [2.24, 2.45) is 7.05 Å². The van der Waals surface area contributed by atoms with Crippen molar-refractivity contribution < 1.29 is 4.57 Å². The van der Waals surface area contributed by atoms with E-state index in [1.807, 2.05) is 6.33 Å². The van der Waals surface area contributed by atoms with Crippen LogP contribution in [-0.4, -0.2) is 9.38 Å². The molecule has 29 heavy (non-hydrogen) atoms. The first-order valence-electron chi connectivity index (χ1n) is 9.97. The van der Waals surface area contributed by atoms with Gasteiger partial charge < -0.3 is 4.40 Å². The largest absolute Gasteiger partial charge is 0.301 e. The van der Waals surface area contributed by atoms with Crippen LogP contribution in [0.5, 0.6) is 0 Å². The molecule has 0 atom stereocenters. The van der Waals surface area contributed by atoms with Crippen molar-refractivity contribution in [1.29, 1.82) is 0 Å². The van der Waals surface area contributed by atoms with Crippen LogP contribution in [0.2, 0.25) is 0 Å². The molecule has 0 fully saturated rings. The van der Waals surface area contributed by atoms with E-state index in [2.05, 4.69) is 89.7 Å². The second-order valence-electron chi connectivity index (χ2n) is 8.05. The topological polar surface area (TPSA) is 21.2 Å². The predicted molar refractivity (Wildman–Crippen MR) is 120 cm³/mol. The minimum Gasteiger partial charge on any atom is -0.301 e. The van der Waals surface area contributed by atoms with Gasteiger partial charge in [0.2, 0.25) is 5.52 Å². The van der Waals surface area contributed by atoms with Gasteiger partial charge in [-0.15, -0.1) is 0 Å². The lowest BCUT2D eigenvalue weighted by Gasteiger charge is -2.15. The van der Waals surface area contributed by atoms with Gasteiger partial charge in [0.05, 0.1) is 23.5 Å². The number of fused-ring (bicyclic) bond motifs is 7. The average Bonchev–Trinajstić information content (AvgIpc) is 3.08. The summed E-state index contributed by atoms with van der Waals surface area (Å²) < 4.78 is 4.60. The van der Waals surface area contributed by atoms with E-state index in [9.17, 15) is 0 Å². The molecule has 0 N–H and O–H groups in total. The van der Waals surface area contributed by atoms with Crippen molar-refractivity contribution in [1.82, 2.24) is 9.38 Å². The Morgan fingerprint density at radius 1 is 0.793 bits per heavy atom. The molecule has 0 bridgehead atoms. The number of pyridine rings is 1. The van der Waals surface area contributed by atoms with E-state index in [1.54, 1.807) is 0 Å². The van der Waals surface area contributed by atoms with Crippen LogP contribution in [0.3, 0.4) is 0 Å². The van der Waals surface area contributed by atoms with Crippen LogP contribution >= 0.6 is 0 Å². The number of benzene rings is 4. The lowest BCUT2D eigenvalue weighted by atomic mass is 9.94. The first-order valence-corrected chi connectivity index (χ1v) is 9.97. The van der Waals surface area contributed by atoms with Gasteiger partial charge in [0, 0.05) is 10.8 Å². The molecule has 0 aliphatic heterocycles. The highest BCUT2D eigenvalue weighted by Gasteiger charge is 2.25. The summed E-state index contributed by atoms with van der Waals surface area (Å²) in [6.45, 7) is 2.22. The fourth-order valence-electron chi connectivity index (χ4n) is 5.25. The molecule has 3 aromatic heterocycles. The molecule has 136 valence electrons. The van der Waals surface area contributed by atoms with Gasteiger partial charge in [0.25, 0.3) is 6.33 Å². The van der Waals surface area contributed by atoms with Crippen LogP contribution < -0.4 is 4.57 Å². The summed E-state index contributed by atoms with van der Waals surface area (Å²) in [6.07, 6.45) is 1.96. The fourth-order valence-corrected chi connectivity index (χ4v) is 5.25. The third-order valence-electron chi connectivity index (χ3n) is 6.48. The van der Waals surface area contributed by atoms with E-state index >= 15 is 0 Å². The molecular weight excluding hydrogens is 354 g/mol. The maximum absolute atomic E-state index is 4.84. The Morgan fingerprint density at radius 3 is 2.48 bits per heavy atom. The zero-order valence-corrected chi connectivity index (χ0v) is 16.3. The smallest absolute Gasteiger partial charge is 0.287 e. The third-order valence-corrected chi connectivity index (χ3v) is 6.48. The normalized spacial score (nSPS) is 12.5. The number of rotatable bonds is 0. The van der Waals surface area contributed by atoms with Crippen LogP contribution in [0.15, 0.2) is 73.1 Å². The van der Waals surface area contributed by atoms with Crippen molar-refractivity contribution in [3.63, 3.8) is 0 Å². The van der Waals surface area contributed by atoms with Gasteiger partial charge in [-0.3, -0.25) is 0 Å². The lowest BCUT2D eigenvalue weighted by Crippen LogP contribution is -2.30. The number of aryl methyl sites for hydroxylation is 2. The Kier molecular flexibility index (Phi) is 2.63. The number of hydrogen-bond donors (Lipinski definition) is 0. The second kappa shape index (κ2) is 5.00. The zero-order chi connectivity index (χ0) is 19.3. The van der Waals surface area contributed by atoms with E-state index in [0.717, 1.165) is 5.52 Å². The van der Waals surface area contributed by atoms with Gasteiger partial charge in [0.15, 0.2) is 5.52 Å². The van der Waals surface area contributed by atoms with Crippen LogP contribution in [0, 0.1) is 6.92 Å². The zero-order valence-electron chi connectivity index (χ0n) is 16.3. The Bertz CT molecular complexity index is 1770. The van der Waals surface area contributed by atoms with Gasteiger partial charge in [-0.1, -0.05) is 48.5 Å². The average molecular weight is 372 g/mol. The highest BCUT2D eigenvalue weighted by atomic mass is 15.0. The Labute approximate surface area is 166 Å². The van der Waals surface area contributed by atoms with Gasteiger partial charge >= 0.3 is 0 Å². The molecular formula is C26H18N3+. The second-order valence-corrected chi connectivity index (χ2v) is 8.05. The van der Waals surface area contributed by atoms with Crippen LogP contribution in [0.1, 0.15) is 5.56 Å². The minimum atomic E-state index is 1.07. The maximum Gasteiger partial charge on any atom is 0.287 e. The van der Waals surface area contributed by atoms with Gasteiger partial charge in [-0.05, 0) is 51.8 Å². The van der Waals surface area contributed by atoms with Gasteiger partial charge in [0.1, 0.15) is 5.52 Å². The summed E-state index contributed by atoms with van der Waals surface area (Å²) in [7, 11) is 2.11. The first-order chi connectivity index (χ1) is 14.2. The summed E-state index contributed by atoms with van der Waals surface area (Å²) in [5.74, 6) is 0. The first kappa shape index (κ1) is 15.2. The van der Waals surface area contributed by atoms with E-state index in [1.165, 1.54) is 59.9 Å². The van der Waals surface area contributed by atoms with Gasteiger partial charge in [-0.25, -0.2) is 4.57 Å². The fraction of sp³-hybridized carbons (Fsp3) is 0.0769. The molecule has 0 aliphatic carbocycles. The molecule has 4 aromatic carbocycles. The van der Waals surface area contributed by atoms with Crippen molar-refractivity contribution in [2.75, 3.05) is 0 Å². The standard InChI is InChI=1S/C26H18N3/c1-15-11-12-18-17-8-4-3-7-16(17)13-21-23(18)22(15)25-26-24(27-14-28(25)2)19-9-5-6-10-20(19)29(21)26/h3-14H,1-2H3/q+1. The molecule has 3 heteroatoms. The molecule has 7 rings (SSSR count).